The van der Waals surface area contributed by atoms with Gasteiger partial charge in [0.05, 0.1) is 23.9 Å². The molecule has 0 bridgehead atoms. The highest BCUT2D eigenvalue weighted by Gasteiger charge is 2.31. The van der Waals surface area contributed by atoms with E-state index in [2.05, 4.69) is 58.2 Å². The molecule has 1 aliphatic rings. The summed E-state index contributed by atoms with van der Waals surface area (Å²) in [5.41, 5.74) is 2.55. The molecule has 1 fully saturated rings. The Labute approximate surface area is 122 Å². The number of hydrogen-bond donors (Lipinski definition) is 1. The summed E-state index contributed by atoms with van der Waals surface area (Å²) < 4.78 is 8.08. The molecule has 0 saturated carbocycles. The van der Waals surface area contributed by atoms with Gasteiger partial charge in [-0.25, -0.2) is 0 Å². The SMILES string of the molecule is Cc1nn(CC2CCC(C)(C)O2)cc1CNC(C)(C)C. The zero-order valence-electron chi connectivity index (χ0n) is 13.8. The average Bonchev–Trinajstić information content (AvgIpc) is 2.78. The van der Waals surface area contributed by atoms with E-state index in [1.54, 1.807) is 0 Å². The maximum Gasteiger partial charge on any atom is 0.0779 e. The quantitative estimate of drug-likeness (QED) is 0.920. The monoisotopic (exact) mass is 279 g/mol. The zero-order valence-corrected chi connectivity index (χ0v) is 13.8. The van der Waals surface area contributed by atoms with E-state index < -0.39 is 0 Å². The topological polar surface area (TPSA) is 39.1 Å². The Kier molecular flexibility index (Phi) is 4.26. The summed E-state index contributed by atoms with van der Waals surface area (Å²) in [7, 11) is 0. The summed E-state index contributed by atoms with van der Waals surface area (Å²) in [4.78, 5) is 0. The lowest BCUT2D eigenvalue weighted by atomic mass is 10.1. The van der Waals surface area contributed by atoms with E-state index in [4.69, 9.17) is 4.74 Å². The van der Waals surface area contributed by atoms with Gasteiger partial charge < -0.3 is 10.1 Å². The predicted octanol–water partition coefficient (Wildman–Crippen LogP) is 3.04. The van der Waals surface area contributed by atoms with Crippen LogP contribution in [0.5, 0.6) is 0 Å². The van der Waals surface area contributed by atoms with E-state index in [1.165, 1.54) is 5.56 Å². The van der Waals surface area contributed by atoms with E-state index in [-0.39, 0.29) is 11.1 Å². The molecule has 1 unspecified atom stereocenters. The third-order valence-corrected chi connectivity index (χ3v) is 3.80. The Morgan fingerprint density at radius 3 is 2.70 bits per heavy atom. The van der Waals surface area contributed by atoms with E-state index >= 15 is 0 Å². The van der Waals surface area contributed by atoms with E-state index in [0.29, 0.717) is 6.10 Å². The molecule has 1 saturated heterocycles. The molecule has 1 aliphatic heterocycles. The van der Waals surface area contributed by atoms with E-state index in [0.717, 1.165) is 31.6 Å². The molecule has 0 radical (unpaired) electrons. The number of ether oxygens (including phenoxy) is 1. The molecule has 1 atom stereocenters. The minimum absolute atomic E-state index is 0.0312. The van der Waals surface area contributed by atoms with Crippen molar-refractivity contribution in [3.05, 3.63) is 17.5 Å². The second-order valence-corrected chi connectivity index (χ2v) is 7.60. The molecule has 2 heterocycles. The Morgan fingerprint density at radius 2 is 2.15 bits per heavy atom. The fraction of sp³-hybridized carbons (Fsp3) is 0.812. The van der Waals surface area contributed by atoms with Crippen molar-refractivity contribution in [2.75, 3.05) is 0 Å². The van der Waals surface area contributed by atoms with Gasteiger partial charge in [0, 0.05) is 23.8 Å². The van der Waals surface area contributed by atoms with Gasteiger partial charge in [-0.15, -0.1) is 0 Å². The average molecular weight is 279 g/mol. The molecular formula is C16H29N3O. The van der Waals surface area contributed by atoms with Crippen molar-refractivity contribution < 1.29 is 4.74 Å². The van der Waals surface area contributed by atoms with Crippen LogP contribution >= 0.6 is 0 Å². The van der Waals surface area contributed by atoms with Crippen molar-refractivity contribution >= 4 is 0 Å². The number of nitrogens with zero attached hydrogens (tertiary/aromatic N) is 2. The van der Waals surface area contributed by atoms with Gasteiger partial charge in [0.25, 0.3) is 0 Å². The molecule has 114 valence electrons. The van der Waals surface area contributed by atoms with Crippen LogP contribution in [0, 0.1) is 6.92 Å². The minimum atomic E-state index is 0.0312. The van der Waals surface area contributed by atoms with Crippen LogP contribution in [-0.4, -0.2) is 27.0 Å². The lowest BCUT2D eigenvalue weighted by Crippen LogP contribution is -2.35. The maximum atomic E-state index is 6.04. The summed E-state index contributed by atoms with van der Waals surface area (Å²) >= 11 is 0. The van der Waals surface area contributed by atoms with Crippen LogP contribution in [-0.2, 0) is 17.8 Å². The summed E-state index contributed by atoms with van der Waals surface area (Å²) in [5, 5.41) is 8.13. The van der Waals surface area contributed by atoms with Crippen molar-refractivity contribution in [1.29, 1.82) is 0 Å². The number of rotatable bonds is 4. The number of aryl methyl sites for hydroxylation is 1. The van der Waals surface area contributed by atoms with Crippen LogP contribution in [0.4, 0.5) is 0 Å². The summed E-state index contributed by atoms with van der Waals surface area (Å²) in [6.07, 6.45) is 4.72. The van der Waals surface area contributed by atoms with Crippen molar-refractivity contribution in [2.24, 2.45) is 0 Å². The molecule has 0 spiro atoms. The third-order valence-electron chi connectivity index (χ3n) is 3.80. The number of hydrogen-bond acceptors (Lipinski definition) is 3. The lowest BCUT2D eigenvalue weighted by Gasteiger charge is -2.20. The summed E-state index contributed by atoms with van der Waals surface area (Å²) in [6.45, 7) is 14.7. The number of nitrogens with one attached hydrogen (secondary N) is 1. The largest absolute Gasteiger partial charge is 0.370 e. The van der Waals surface area contributed by atoms with Crippen LogP contribution in [0.3, 0.4) is 0 Å². The third kappa shape index (κ3) is 4.32. The van der Waals surface area contributed by atoms with Gasteiger partial charge in [0.1, 0.15) is 0 Å². The molecule has 20 heavy (non-hydrogen) atoms. The normalized spacial score (nSPS) is 22.4. The van der Waals surface area contributed by atoms with Crippen molar-refractivity contribution in [1.82, 2.24) is 15.1 Å². The van der Waals surface area contributed by atoms with Crippen LogP contribution in [0.2, 0.25) is 0 Å². The van der Waals surface area contributed by atoms with Crippen LogP contribution in [0.15, 0.2) is 6.20 Å². The molecule has 2 rings (SSSR count). The first-order valence-corrected chi connectivity index (χ1v) is 7.60. The second-order valence-electron chi connectivity index (χ2n) is 7.60. The Bertz CT molecular complexity index is 457. The van der Waals surface area contributed by atoms with Gasteiger partial charge in [-0.05, 0) is 54.4 Å². The molecule has 4 heteroatoms. The predicted molar refractivity (Wildman–Crippen MR) is 81.7 cm³/mol. The Hall–Kier alpha value is -0.870. The van der Waals surface area contributed by atoms with E-state index in [9.17, 15) is 0 Å². The molecule has 1 aromatic heterocycles. The Morgan fingerprint density at radius 1 is 1.45 bits per heavy atom. The van der Waals surface area contributed by atoms with Crippen molar-refractivity contribution in [3.63, 3.8) is 0 Å². The molecule has 1 N–H and O–H groups in total. The lowest BCUT2D eigenvalue weighted by molar-refractivity contribution is -0.0230. The number of aromatic nitrogens is 2. The van der Waals surface area contributed by atoms with Gasteiger partial charge in [0.2, 0.25) is 0 Å². The molecule has 0 amide bonds. The van der Waals surface area contributed by atoms with Gasteiger partial charge in [-0.2, -0.15) is 5.10 Å². The molecule has 1 aromatic rings. The van der Waals surface area contributed by atoms with Gasteiger partial charge >= 0.3 is 0 Å². The molecular weight excluding hydrogens is 250 g/mol. The van der Waals surface area contributed by atoms with Crippen LogP contribution in [0.25, 0.3) is 0 Å². The van der Waals surface area contributed by atoms with Crippen molar-refractivity contribution in [3.8, 4) is 0 Å². The van der Waals surface area contributed by atoms with E-state index in [1.807, 2.05) is 4.68 Å². The van der Waals surface area contributed by atoms with Gasteiger partial charge in [-0.3, -0.25) is 4.68 Å². The van der Waals surface area contributed by atoms with Gasteiger partial charge in [0.15, 0.2) is 0 Å². The summed E-state index contributed by atoms with van der Waals surface area (Å²) in [5.74, 6) is 0. The smallest absolute Gasteiger partial charge is 0.0779 e. The fourth-order valence-electron chi connectivity index (χ4n) is 2.60. The summed E-state index contributed by atoms with van der Waals surface area (Å²) in [6, 6.07) is 0. The minimum Gasteiger partial charge on any atom is -0.370 e. The first kappa shape index (κ1) is 15.5. The standard InChI is InChI=1S/C16H29N3O/c1-12-13(9-17-15(2,3)4)10-19(18-12)11-14-7-8-16(5,6)20-14/h10,14,17H,7-9,11H2,1-6H3. The van der Waals surface area contributed by atoms with Crippen LogP contribution < -0.4 is 5.32 Å². The first-order valence-electron chi connectivity index (χ1n) is 7.60. The highest BCUT2D eigenvalue weighted by Crippen LogP contribution is 2.30. The Balaban J connectivity index is 1.94. The zero-order chi connectivity index (χ0) is 15.0. The molecule has 4 nitrogen and oxygen atoms in total. The second kappa shape index (κ2) is 5.49. The van der Waals surface area contributed by atoms with Crippen LogP contribution in [0.1, 0.15) is 58.7 Å². The first-order chi connectivity index (χ1) is 9.15. The molecule has 0 aromatic carbocycles. The highest BCUT2D eigenvalue weighted by atomic mass is 16.5. The van der Waals surface area contributed by atoms with Gasteiger partial charge in [-0.1, -0.05) is 0 Å². The maximum absolute atomic E-state index is 6.04. The molecule has 0 aliphatic carbocycles. The van der Waals surface area contributed by atoms with Crippen molar-refractivity contribution in [2.45, 2.75) is 84.7 Å². The fourth-order valence-corrected chi connectivity index (χ4v) is 2.60. The highest BCUT2D eigenvalue weighted by molar-refractivity contribution is 5.15.